The molecule has 0 radical (unpaired) electrons. The highest BCUT2D eigenvalue weighted by Gasteiger charge is 2.26. The van der Waals surface area contributed by atoms with Crippen LogP contribution >= 0.6 is 0 Å². The van der Waals surface area contributed by atoms with Crippen molar-refractivity contribution in [3.8, 4) is 0 Å². The molecule has 0 unspecified atom stereocenters. The van der Waals surface area contributed by atoms with Crippen molar-refractivity contribution in [1.82, 2.24) is 5.48 Å². The molecule has 0 bridgehead atoms. The van der Waals surface area contributed by atoms with Crippen molar-refractivity contribution in [3.63, 3.8) is 0 Å². The normalized spacial score (nSPS) is 19.4. The van der Waals surface area contributed by atoms with Crippen molar-refractivity contribution in [1.29, 1.82) is 0 Å². The molecular formula is C16H19FN2O3. The first-order chi connectivity index (χ1) is 10.5. The highest BCUT2D eigenvalue weighted by molar-refractivity contribution is 6.01. The molecular weight excluding hydrogens is 287 g/mol. The first kappa shape index (κ1) is 16.2. The second-order valence-corrected chi connectivity index (χ2v) is 5.30. The van der Waals surface area contributed by atoms with Crippen LogP contribution in [0.25, 0.3) is 5.83 Å². The summed E-state index contributed by atoms with van der Waals surface area (Å²) in [4.78, 5) is 16.6. The van der Waals surface area contributed by atoms with Crippen LogP contribution in [0.15, 0.2) is 35.5 Å². The largest absolute Gasteiger partial charge is 0.392 e. The van der Waals surface area contributed by atoms with Crippen LogP contribution < -0.4 is 5.48 Å². The Morgan fingerprint density at radius 1 is 1.55 bits per heavy atom. The quantitative estimate of drug-likeness (QED) is 0.649. The van der Waals surface area contributed by atoms with E-state index in [1.54, 1.807) is 43.6 Å². The van der Waals surface area contributed by atoms with Gasteiger partial charge in [-0.25, -0.2) is 9.87 Å². The fourth-order valence-electron chi connectivity index (χ4n) is 2.33. The van der Waals surface area contributed by atoms with Crippen LogP contribution in [0.5, 0.6) is 0 Å². The van der Waals surface area contributed by atoms with Gasteiger partial charge in [-0.1, -0.05) is 42.4 Å². The van der Waals surface area contributed by atoms with E-state index in [4.69, 9.17) is 10.0 Å². The summed E-state index contributed by atoms with van der Waals surface area (Å²) < 4.78 is 13.4. The van der Waals surface area contributed by atoms with E-state index < -0.39 is 5.91 Å². The van der Waals surface area contributed by atoms with Crippen LogP contribution in [0.1, 0.15) is 37.8 Å². The summed E-state index contributed by atoms with van der Waals surface area (Å²) in [5.41, 5.74) is 3.80. The van der Waals surface area contributed by atoms with Gasteiger partial charge in [0, 0.05) is 17.9 Å². The molecule has 2 atom stereocenters. The summed E-state index contributed by atoms with van der Waals surface area (Å²) in [5, 5.41) is 12.6. The Morgan fingerprint density at radius 2 is 2.23 bits per heavy atom. The minimum atomic E-state index is -0.441. The Hall–Kier alpha value is -2.21. The van der Waals surface area contributed by atoms with E-state index in [0.29, 0.717) is 18.4 Å². The average Bonchev–Trinajstić information content (AvgIpc) is 3.01. The molecule has 2 rings (SSSR count). The maximum Gasteiger partial charge on any atom is 0.246 e. The minimum absolute atomic E-state index is 0.200. The summed E-state index contributed by atoms with van der Waals surface area (Å²) >= 11 is 0. The van der Waals surface area contributed by atoms with E-state index in [-0.39, 0.29) is 17.8 Å². The van der Waals surface area contributed by atoms with Gasteiger partial charge in [0.05, 0.1) is 5.71 Å². The molecule has 0 saturated carbocycles. The molecule has 2 N–H and O–H groups in total. The number of hydrogen-bond donors (Lipinski definition) is 2. The molecule has 1 aromatic rings. The molecule has 0 aromatic heterocycles. The Balaban J connectivity index is 1.97. The summed E-state index contributed by atoms with van der Waals surface area (Å²) in [6.07, 6.45) is 2.25. The molecule has 0 fully saturated rings. The van der Waals surface area contributed by atoms with Gasteiger partial charge < -0.3 is 4.84 Å². The van der Waals surface area contributed by atoms with E-state index in [9.17, 15) is 9.18 Å². The third-order valence-electron chi connectivity index (χ3n) is 3.65. The van der Waals surface area contributed by atoms with Crippen LogP contribution in [-0.2, 0) is 9.63 Å². The lowest BCUT2D eigenvalue weighted by Gasteiger charge is -2.12. The van der Waals surface area contributed by atoms with E-state index in [2.05, 4.69) is 5.16 Å². The maximum atomic E-state index is 13.4. The van der Waals surface area contributed by atoms with Crippen molar-refractivity contribution >= 4 is 17.4 Å². The lowest BCUT2D eigenvalue weighted by atomic mass is 9.97. The SMILES string of the molecule is C/C=C(\F)c1ccc(C2=NO[C@@H](C[C@H](C)C(=O)NO)C2)cc1. The molecule has 118 valence electrons. The third-order valence-corrected chi connectivity index (χ3v) is 3.65. The fraction of sp³-hybridized carbons (Fsp3) is 0.375. The molecule has 0 aliphatic carbocycles. The number of nitrogens with zero attached hydrogens (tertiary/aromatic N) is 1. The van der Waals surface area contributed by atoms with Crippen LogP contribution in [-0.4, -0.2) is 22.9 Å². The van der Waals surface area contributed by atoms with Crippen LogP contribution in [0.4, 0.5) is 4.39 Å². The molecule has 1 aliphatic rings. The summed E-state index contributed by atoms with van der Waals surface area (Å²) in [5.74, 6) is -1.07. The lowest BCUT2D eigenvalue weighted by Crippen LogP contribution is -2.28. The number of hydroxylamine groups is 1. The van der Waals surface area contributed by atoms with E-state index in [1.165, 1.54) is 6.08 Å². The van der Waals surface area contributed by atoms with E-state index in [1.807, 2.05) is 0 Å². The van der Waals surface area contributed by atoms with Crippen molar-refractivity contribution < 1.29 is 19.2 Å². The highest BCUT2D eigenvalue weighted by atomic mass is 19.1. The highest BCUT2D eigenvalue weighted by Crippen LogP contribution is 2.23. The standard InChI is InChI=1S/C16H19FN2O3/c1-3-14(17)11-4-6-12(7-5-11)15-9-13(22-19-15)8-10(2)16(20)18-21/h3-7,10,13,21H,8-9H2,1-2H3,(H,18,20)/b14-3-/t10-,13-/m0/s1. The van der Waals surface area contributed by atoms with Gasteiger partial charge in [0.25, 0.3) is 0 Å². The number of halogens is 1. The predicted molar refractivity (Wildman–Crippen MR) is 80.9 cm³/mol. The molecule has 0 saturated heterocycles. The smallest absolute Gasteiger partial charge is 0.246 e. The Labute approximate surface area is 128 Å². The van der Waals surface area contributed by atoms with Gasteiger partial charge in [-0.2, -0.15) is 0 Å². The molecule has 1 aliphatic heterocycles. The van der Waals surface area contributed by atoms with E-state index in [0.717, 1.165) is 11.3 Å². The number of benzene rings is 1. The van der Waals surface area contributed by atoms with Gasteiger partial charge in [-0.15, -0.1) is 0 Å². The molecule has 1 aromatic carbocycles. The second kappa shape index (κ2) is 7.17. The predicted octanol–water partition coefficient (Wildman–Crippen LogP) is 3.04. The number of allylic oxidation sites excluding steroid dienone is 1. The molecule has 0 spiro atoms. The number of rotatable bonds is 5. The van der Waals surface area contributed by atoms with Gasteiger partial charge in [0.1, 0.15) is 11.9 Å². The Morgan fingerprint density at radius 3 is 2.82 bits per heavy atom. The Kier molecular flexibility index (Phi) is 5.27. The number of amides is 1. The topological polar surface area (TPSA) is 70.9 Å². The monoisotopic (exact) mass is 306 g/mol. The van der Waals surface area contributed by atoms with Crippen LogP contribution in [0, 0.1) is 5.92 Å². The zero-order chi connectivity index (χ0) is 16.1. The van der Waals surface area contributed by atoms with Crippen LogP contribution in [0.3, 0.4) is 0 Å². The number of carbonyl (C=O) groups excluding carboxylic acids is 1. The third kappa shape index (κ3) is 3.71. The van der Waals surface area contributed by atoms with E-state index >= 15 is 0 Å². The zero-order valence-corrected chi connectivity index (χ0v) is 12.5. The first-order valence-electron chi connectivity index (χ1n) is 7.14. The van der Waals surface area contributed by atoms with Gasteiger partial charge in [-0.3, -0.25) is 10.0 Å². The molecule has 22 heavy (non-hydrogen) atoms. The summed E-state index contributed by atoms with van der Waals surface area (Å²) in [6, 6.07) is 6.99. The first-order valence-corrected chi connectivity index (χ1v) is 7.14. The minimum Gasteiger partial charge on any atom is -0.392 e. The van der Waals surface area contributed by atoms with Crippen molar-refractivity contribution in [3.05, 3.63) is 41.5 Å². The lowest BCUT2D eigenvalue weighted by molar-refractivity contribution is -0.134. The Bertz CT molecular complexity index is 596. The summed E-state index contributed by atoms with van der Waals surface area (Å²) in [6.45, 7) is 3.36. The van der Waals surface area contributed by atoms with Crippen LogP contribution in [0.2, 0.25) is 0 Å². The van der Waals surface area contributed by atoms with Gasteiger partial charge >= 0.3 is 0 Å². The molecule has 1 amide bonds. The van der Waals surface area contributed by atoms with Crippen molar-refractivity contribution in [2.45, 2.75) is 32.8 Å². The fourth-order valence-corrected chi connectivity index (χ4v) is 2.33. The number of hydrogen-bond acceptors (Lipinski definition) is 4. The molecule has 1 heterocycles. The van der Waals surface area contributed by atoms with Gasteiger partial charge in [0.2, 0.25) is 5.91 Å². The molecule has 5 nitrogen and oxygen atoms in total. The average molecular weight is 306 g/mol. The zero-order valence-electron chi connectivity index (χ0n) is 12.5. The maximum absolute atomic E-state index is 13.4. The van der Waals surface area contributed by atoms with Gasteiger partial charge in [0.15, 0.2) is 0 Å². The van der Waals surface area contributed by atoms with Crippen molar-refractivity contribution in [2.75, 3.05) is 0 Å². The second-order valence-electron chi connectivity index (χ2n) is 5.30. The number of oxime groups is 1. The molecule has 6 heteroatoms. The van der Waals surface area contributed by atoms with Gasteiger partial charge in [-0.05, 0) is 18.9 Å². The number of nitrogens with one attached hydrogen (secondary N) is 1. The number of carbonyl (C=O) groups is 1. The van der Waals surface area contributed by atoms with Crippen molar-refractivity contribution in [2.24, 2.45) is 11.1 Å². The summed E-state index contributed by atoms with van der Waals surface area (Å²) in [7, 11) is 0.